The van der Waals surface area contributed by atoms with Crippen molar-refractivity contribution in [2.24, 2.45) is 0 Å². The van der Waals surface area contributed by atoms with Gasteiger partial charge in [0.1, 0.15) is 11.5 Å². The first-order valence-electron chi connectivity index (χ1n) is 13.0. The SMILES string of the molecule is C=CC(=O)N1CCC(N[C@H]2CCc3cc(-c4nc5ccc(OC)nn5c4-c4ccc(F)cc4)ccc32)CC1. The van der Waals surface area contributed by atoms with E-state index in [4.69, 9.17) is 9.72 Å². The Labute approximate surface area is 220 Å². The Hall–Kier alpha value is -4.04. The first-order chi connectivity index (χ1) is 18.5. The minimum absolute atomic E-state index is 0.0165. The molecule has 0 spiro atoms. The largest absolute Gasteiger partial charge is 0.480 e. The predicted molar refractivity (Wildman–Crippen MR) is 144 cm³/mol. The summed E-state index contributed by atoms with van der Waals surface area (Å²) in [5, 5.41) is 8.45. The number of methoxy groups -OCH3 is 1. The topological polar surface area (TPSA) is 71.8 Å². The van der Waals surface area contributed by atoms with Gasteiger partial charge in [-0.15, -0.1) is 5.10 Å². The zero-order chi connectivity index (χ0) is 26.2. The van der Waals surface area contributed by atoms with Crippen LogP contribution in [0.1, 0.15) is 36.4 Å². The molecule has 194 valence electrons. The fourth-order valence-electron chi connectivity index (χ4n) is 5.71. The van der Waals surface area contributed by atoms with Gasteiger partial charge in [0.05, 0.1) is 12.8 Å². The Morgan fingerprint density at radius 2 is 1.84 bits per heavy atom. The molecular formula is C30H30FN5O2. The Bertz CT molecular complexity index is 1510. The van der Waals surface area contributed by atoms with Crippen molar-refractivity contribution in [1.29, 1.82) is 0 Å². The van der Waals surface area contributed by atoms with Crippen LogP contribution in [0.3, 0.4) is 0 Å². The maximum Gasteiger partial charge on any atom is 0.245 e. The van der Waals surface area contributed by atoms with E-state index in [2.05, 4.69) is 35.2 Å². The number of ether oxygens (including phenoxy) is 1. The molecule has 1 aliphatic heterocycles. The Morgan fingerprint density at radius 3 is 2.58 bits per heavy atom. The molecule has 1 aliphatic carbocycles. The standard InChI is InChI=1S/C30H30FN5O2/c1-3-28(37)35-16-14-23(15-17-35)32-25-11-7-20-18-21(6-10-24(20)25)29-30(19-4-8-22(31)9-5-19)36-26(33-29)12-13-27(34-36)38-2/h3-6,8-10,12-13,18,23,25,32H,1,7,11,14-17H2,2H3/t25-/m0/s1. The zero-order valence-corrected chi connectivity index (χ0v) is 21.4. The van der Waals surface area contributed by atoms with Crippen molar-refractivity contribution in [3.63, 3.8) is 0 Å². The molecular weight excluding hydrogens is 481 g/mol. The molecule has 1 saturated heterocycles. The zero-order valence-electron chi connectivity index (χ0n) is 21.4. The van der Waals surface area contributed by atoms with E-state index in [-0.39, 0.29) is 11.7 Å². The molecule has 3 heterocycles. The molecule has 2 aliphatic rings. The van der Waals surface area contributed by atoms with Crippen molar-refractivity contribution < 1.29 is 13.9 Å². The van der Waals surface area contributed by atoms with Crippen LogP contribution >= 0.6 is 0 Å². The number of halogens is 1. The number of benzene rings is 2. The lowest BCUT2D eigenvalue weighted by Gasteiger charge is -2.33. The molecule has 6 rings (SSSR count). The first-order valence-corrected chi connectivity index (χ1v) is 13.0. The number of piperidine rings is 1. The molecule has 1 N–H and O–H groups in total. The number of imidazole rings is 1. The minimum atomic E-state index is -0.288. The van der Waals surface area contributed by atoms with Crippen molar-refractivity contribution in [3.8, 4) is 28.4 Å². The molecule has 2 aromatic carbocycles. The number of likely N-dealkylation sites (tertiary alicyclic amines) is 1. The van der Waals surface area contributed by atoms with E-state index in [0.29, 0.717) is 23.6 Å². The lowest BCUT2D eigenvalue weighted by atomic mass is 9.98. The van der Waals surface area contributed by atoms with Crippen LogP contribution < -0.4 is 10.1 Å². The van der Waals surface area contributed by atoms with E-state index in [1.54, 1.807) is 29.8 Å². The summed E-state index contributed by atoms with van der Waals surface area (Å²) < 4.78 is 20.8. The van der Waals surface area contributed by atoms with Gasteiger partial charge < -0.3 is 15.0 Å². The van der Waals surface area contributed by atoms with Crippen LogP contribution in [0, 0.1) is 5.82 Å². The summed E-state index contributed by atoms with van der Waals surface area (Å²) in [6.07, 6.45) is 5.32. The molecule has 0 saturated carbocycles. The molecule has 38 heavy (non-hydrogen) atoms. The number of aromatic nitrogens is 3. The molecule has 0 unspecified atom stereocenters. The fraction of sp³-hybridized carbons (Fsp3) is 0.300. The van der Waals surface area contributed by atoms with Crippen LogP contribution in [0.2, 0.25) is 0 Å². The van der Waals surface area contributed by atoms with Gasteiger partial charge in [-0.05, 0) is 79.3 Å². The average Bonchev–Trinajstić information content (AvgIpc) is 3.54. The normalized spacial score (nSPS) is 17.5. The second-order valence-electron chi connectivity index (χ2n) is 9.94. The van der Waals surface area contributed by atoms with E-state index >= 15 is 0 Å². The summed E-state index contributed by atoms with van der Waals surface area (Å²) >= 11 is 0. The second kappa shape index (κ2) is 10.0. The summed E-state index contributed by atoms with van der Waals surface area (Å²) in [7, 11) is 1.58. The van der Waals surface area contributed by atoms with Crippen LogP contribution in [-0.4, -0.2) is 51.6 Å². The molecule has 1 atom stereocenters. The molecule has 1 fully saturated rings. The number of fused-ring (bicyclic) bond motifs is 2. The molecule has 1 amide bonds. The van der Waals surface area contributed by atoms with Crippen LogP contribution in [-0.2, 0) is 11.2 Å². The molecule has 8 heteroatoms. The third-order valence-electron chi connectivity index (χ3n) is 7.69. The molecule has 7 nitrogen and oxygen atoms in total. The number of aryl methyl sites for hydroxylation is 1. The summed E-state index contributed by atoms with van der Waals surface area (Å²) in [6, 6.07) is 17.3. The number of nitrogens with one attached hydrogen (secondary N) is 1. The maximum absolute atomic E-state index is 13.7. The monoisotopic (exact) mass is 511 g/mol. The number of nitrogens with zero attached hydrogens (tertiary/aromatic N) is 4. The number of rotatable bonds is 6. The molecule has 4 aromatic rings. The molecule has 0 bridgehead atoms. The fourth-order valence-corrected chi connectivity index (χ4v) is 5.71. The quantitative estimate of drug-likeness (QED) is 0.371. The lowest BCUT2D eigenvalue weighted by molar-refractivity contribution is -0.127. The number of hydrogen-bond donors (Lipinski definition) is 1. The number of carbonyl (C=O) groups excluding carboxylic acids is 1. The van der Waals surface area contributed by atoms with Gasteiger partial charge in [0, 0.05) is 42.4 Å². The van der Waals surface area contributed by atoms with Crippen molar-refractivity contribution in [3.05, 3.63) is 84.2 Å². The number of amides is 1. The first kappa shape index (κ1) is 24.3. The Morgan fingerprint density at radius 1 is 1.08 bits per heavy atom. The van der Waals surface area contributed by atoms with Crippen molar-refractivity contribution in [2.75, 3.05) is 20.2 Å². The van der Waals surface area contributed by atoms with E-state index in [0.717, 1.165) is 61.3 Å². The maximum atomic E-state index is 13.7. The average molecular weight is 512 g/mol. The highest BCUT2D eigenvalue weighted by molar-refractivity contribution is 5.87. The summed E-state index contributed by atoms with van der Waals surface area (Å²) in [4.78, 5) is 18.7. The van der Waals surface area contributed by atoms with E-state index in [9.17, 15) is 9.18 Å². The highest BCUT2D eigenvalue weighted by atomic mass is 19.1. The predicted octanol–water partition coefficient (Wildman–Crippen LogP) is 4.96. The van der Waals surface area contributed by atoms with Crippen molar-refractivity contribution in [2.45, 2.75) is 37.8 Å². The number of hydrogen-bond acceptors (Lipinski definition) is 5. The molecule has 2 aromatic heterocycles. The van der Waals surface area contributed by atoms with Crippen molar-refractivity contribution >= 4 is 11.6 Å². The number of carbonyl (C=O) groups is 1. The molecule has 0 radical (unpaired) electrons. The van der Waals surface area contributed by atoms with E-state index in [1.807, 2.05) is 11.0 Å². The van der Waals surface area contributed by atoms with Crippen LogP contribution in [0.15, 0.2) is 67.3 Å². The third kappa shape index (κ3) is 4.45. The lowest BCUT2D eigenvalue weighted by Crippen LogP contribution is -2.45. The third-order valence-corrected chi connectivity index (χ3v) is 7.69. The van der Waals surface area contributed by atoms with Gasteiger partial charge >= 0.3 is 0 Å². The van der Waals surface area contributed by atoms with E-state index < -0.39 is 0 Å². The van der Waals surface area contributed by atoms with Crippen LogP contribution in [0.25, 0.3) is 28.2 Å². The van der Waals surface area contributed by atoms with E-state index in [1.165, 1.54) is 29.3 Å². The van der Waals surface area contributed by atoms with Gasteiger partial charge in [0.15, 0.2) is 5.65 Å². The van der Waals surface area contributed by atoms with Gasteiger partial charge in [0.2, 0.25) is 11.8 Å². The van der Waals surface area contributed by atoms with Gasteiger partial charge in [-0.1, -0.05) is 18.7 Å². The van der Waals surface area contributed by atoms with Gasteiger partial charge in [-0.2, -0.15) is 0 Å². The van der Waals surface area contributed by atoms with Crippen molar-refractivity contribution in [1.82, 2.24) is 24.8 Å². The summed E-state index contributed by atoms with van der Waals surface area (Å²) in [5.41, 5.74) is 6.77. The van der Waals surface area contributed by atoms with Gasteiger partial charge in [-0.3, -0.25) is 4.79 Å². The Kier molecular flexibility index (Phi) is 6.41. The highest BCUT2D eigenvalue weighted by Gasteiger charge is 2.28. The highest BCUT2D eigenvalue weighted by Crippen LogP contribution is 2.38. The second-order valence-corrected chi connectivity index (χ2v) is 9.94. The summed E-state index contributed by atoms with van der Waals surface area (Å²) in [6.45, 7) is 5.13. The summed E-state index contributed by atoms with van der Waals surface area (Å²) in [5.74, 6) is 0.207. The van der Waals surface area contributed by atoms with Gasteiger partial charge in [0.25, 0.3) is 0 Å². The minimum Gasteiger partial charge on any atom is -0.480 e. The Balaban J connectivity index is 1.30. The van der Waals surface area contributed by atoms with Gasteiger partial charge in [-0.25, -0.2) is 13.9 Å². The van der Waals surface area contributed by atoms with Crippen LogP contribution in [0.4, 0.5) is 4.39 Å². The van der Waals surface area contributed by atoms with Crippen LogP contribution in [0.5, 0.6) is 5.88 Å². The smallest absolute Gasteiger partial charge is 0.245 e.